The van der Waals surface area contributed by atoms with Gasteiger partial charge in [-0.2, -0.15) is 0 Å². The van der Waals surface area contributed by atoms with Crippen LogP contribution in [0.3, 0.4) is 0 Å². The van der Waals surface area contributed by atoms with Crippen LogP contribution in [0.4, 0.5) is 10.2 Å². The lowest BCUT2D eigenvalue weighted by atomic mass is 9.97. The Labute approximate surface area is 147 Å². The van der Waals surface area contributed by atoms with Crippen molar-refractivity contribution in [2.45, 2.75) is 32.7 Å². The summed E-state index contributed by atoms with van der Waals surface area (Å²) >= 11 is 0. The second kappa shape index (κ2) is 7.59. The van der Waals surface area contributed by atoms with E-state index in [1.54, 1.807) is 18.3 Å². The smallest absolute Gasteiger partial charge is 0.225 e. The van der Waals surface area contributed by atoms with Crippen LogP contribution in [0.1, 0.15) is 26.7 Å². The number of hydrogen-bond acceptors (Lipinski definition) is 4. The van der Waals surface area contributed by atoms with E-state index in [9.17, 15) is 9.18 Å². The minimum Gasteiger partial charge on any atom is -0.356 e. The number of rotatable bonds is 4. The molecule has 1 N–H and O–H groups in total. The van der Waals surface area contributed by atoms with E-state index in [1.165, 1.54) is 12.1 Å². The van der Waals surface area contributed by atoms with E-state index >= 15 is 0 Å². The van der Waals surface area contributed by atoms with E-state index < -0.39 is 0 Å². The summed E-state index contributed by atoms with van der Waals surface area (Å²) in [6.07, 6.45) is 3.51. The van der Waals surface area contributed by atoms with Gasteiger partial charge >= 0.3 is 0 Å². The molecule has 1 aliphatic heterocycles. The van der Waals surface area contributed by atoms with Crippen LogP contribution in [0.2, 0.25) is 0 Å². The van der Waals surface area contributed by atoms with E-state index in [2.05, 4.69) is 20.2 Å². The predicted molar refractivity (Wildman–Crippen MR) is 95.6 cm³/mol. The minimum absolute atomic E-state index is 0.0382. The van der Waals surface area contributed by atoms with Gasteiger partial charge in [0.15, 0.2) is 5.82 Å². The molecule has 0 saturated carbocycles. The van der Waals surface area contributed by atoms with Gasteiger partial charge in [-0.05, 0) is 44.9 Å². The van der Waals surface area contributed by atoms with Gasteiger partial charge in [-0.15, -0.1) is 0 Å². The van der Waals surface area contributed by atoms with Crippen LogP contribution in [0.15, 0.2) is 36.5 Å². The molecule has 132 valence electrons. The average molecular weight is 342 g/mol. The Morgan fingerprint density at radius 2 is 2.20 bits per heavy atom. The zero-order valence-corrected chi connectivity index (χ0v) is 14.6. The summed E-state index contributed by atoms with van der Waals surface area (Å²) in [4.78, 5) is 23.2. The highest BCUT2D eigenvalue weighted by Gasteiger charge is 2.27. The van der Waals surface area contributed by atoms with Crippen molar-refractivity contribution in [1.82, 2.24) is 15.3 Å². The number of nitrogens with zero attached hydrogens (tertiary/aromatic N) is 3. The van der Waals surface area contributed by atoms with Crippen LogP contribution in [0.5, 0.6) is 0 Å². The van der Waals surface area contributed by atoms with Crippen LogP contribution in [-0.2, 0) is 4.79 Å². The van der Waals surface area contributed by atoms with E-state index in [-0.39, 0.29) is 23.7 Å². The molecule has 1 aliphatic rings. The number of amides is 1. The Morgan fingerprint density at radius 1 is 1.36 bits per heavy atom. The number of halogens is 1. The van der Waals surface area contributed by atoms with Gasteiger partial charge in [0.2, 0.25) is 5.91 Å². The monoisotopic (exact) mass is 342 g/mol. The third-order valence-corrected chi connectivity index (χ3v) is 4.27. The Hall–Kier alpha value is -2.50. The number of hydrogen-bond donors (Lipinski definition) is 1. The lowest BCUT2D eigenvalue weighted by molar-refractivity contribution is -0.125. The average Bonchev–Trinajstić information content (AvgIpc) is 2.61. The maximum Gasteiger partial charge on any atom is 0.225 e. The molecule has 2 aromatic rings. The van der Waals surface area contributed by atoms with Crippen molar-refractivity contribution in [3.63, 3.8) is 0 Å². The highest BCUT2D eigenvalue weighted by atomic mass is 19.1. The number of benzene rings is 1. The number of carbonyl (C=O) groups is 1. The van der Waals surface area contributed by atoms with Crippen molar-refractivity contribution in [2.24, 2.45) is 5.92 Å². The number of anilines is 1. The zero-order chi connectivity index (χ0) is 17.8. The van der Waals surface area contributed by atoms with Gasteiger partial charge < -0.3 is 10.2 Å². The van der Waals surface area contributed by atoms with Gasteiger partial charge in [0.1, 0.15) is 11.6 Å². The standard InChI is InChI=1S/C19H23FN4O/c1-13(2)22-19(25)15-6-4-10-24(12-15)17-8-9-21-18(23-17)14-5-3-7-16(20)11-14/h3,5,7-9,11,13,15H,4,6,10,12H2,1-2H3,(H,22,25). The molecule has 6 heteroatoms. The molecule has 1 fully saturated rings. The van der Waals surface area contributed by atoms with Crippen LogP contribution in [-0.4, -0.2) is 35.0 Å². The fraction of sp³-hybridized carbons (Fsp3) is 0.421. The van der Waals surface area contributed by atoms with Crippen LogP contribution >= 0.6 is 0 Å². The summed E-state index contributed by atoms with van der Waals surface area (Å²) in [7, 11) is 0. The number of aromatic nitrogens is 2. The fourth-order valence-corrected chi connectivity index (χ4v) is 3.09. The SMILES string of the molecule is CC(C)NC(=O)C1CCCN(c2ccnc(-c3cccc(F)c3)n2)C1. The minimum atomic E-state index is -0.310. The van der Waals surface area contributed by atoms with E-state index in [0.717, 1.165) is 25.2 Å². The highest BCUT2D eigenvalue weighted by Crippen LogP contribution is 2.24. The second-order valence-corrected chi connectivity index (χ2v) is 6.70. The first-order valence-corrected chi connectivity index (χ1v) is 8.67. The van der Waals surface area contributed by atoms with Crippen LogP contribution < -0.4 is 10.2 Å². The number of carbonyl (C=O) groups excluding carboxylic acids is 1. The molecular weight excluding hydrogens is 319 g/mol. The molecule has 1 unspecified atom stereocenters. The van der Waals surface area contributed by atoms with Crippen molar-refractivity contribution >= 4 is 11.7 Å². The fourth-order valence-electron chi connectivity index (χ4n) is 3.09. The maximum absolute atomic E-state index is 13.4. The largest absolute Gasteiger partial charge is 0.356 e. The van der Waals surface area contributed by atoms with Crippen molar-refractivity contribution in [3.8, 4) is 11.4 Å². The van der Waals surface area contributed by atoms with Crippen molar-refractivity contribution in [3.05, 3.63) is 42.3 Å². The molecule has 0 spiro atoms. The number of piperidine rings is 1. The van der Waals surface area contributed by atoms with Gasteiger partial charge in [-0.1, -0.05) is 12.1 Å². The molecule has 1 atom stereocenters. The van der Waals surface area contributed by atoms with E-state index in [0.29, 0.717) is 17.9 Å². The molecule has 25 heavy (non-hydrogen) atoms. The summed E-state index contributed by atoms with van der Waals surface area (Å²) in [6.45, 7) is 5.42. The second-order valence-electron chi connectivity index (χ2n) is 6.70. The van der Waals surface area contributed by atoms with E-state index in [1.807, 2.05) is 19.9 Å². The summed E-state index contributed by atoms with van der Waals surface area (Å²) in [5, 5.41) is 2.99. The summed E-state index contributed by atoms with van der Waals surface area (Å²) in [5.41, 5.74) is 0.646. The predicted octanol–water partition coefficient (Wildman–Crippen LogP) is 3.02. The van der Waals surface area contributed by atoms with Gasteiger partial charge in [-0.25, -0.2) is 14.4 Å². The molecule has 0 bridgehead atoms. The summed E-state index contributed by atoms with van der Waals surface area (Å²) in [5.74, 6) is 1.01. The maximum atomic E-state index is 13.4. The normalized spacial score (nSPS) is 17.6. The summed E-state index contributed by atoms with van der Waals surface area (Å²) < 4.78 is 13.4. The molecular formula is C19H23FN4O. The lowest BCUT2D eigenvalue weighted by Gasteiger charge is -2.33. The Bertz CT molecular complexity index is 750. The van der Waals surface area contributed by atoms with Gasteiger partial charge in [0.05, 0.1) is 5.92 Å². The van der Waals surface area contributed by atoms with Crippen LogP contribution in [0, 0.1) is 11.7 Å². The van der Waals surface area contributed by atoms with E-state index in [4.69, 9.17) is 0 Å². The highest BCUT2D eigenvalue weighted by molar-refractivity contribution is 5.79. The Kier molecular flexibility index (Phi) is 5.26. The quantitative estimate of drug-likeness (QED) is 0.928. The van der Waals surface area contributed by atoms with Gasteiger partial charge in [0, 0.05) is 30.9 Å². The van der Waals surface area contributed by atoms with Crippen molar-refractivity contribution in [1.29, 1.82) is 0 Å². The molecule has 1 amide bonds. The Balaban J connectivity index is 1.77. The Morgan fingerprint density at radius 3 is 2.96 bits per heavy atom. The van der Waals surface area contributed by atoms with Gasteiger partial charge in [-0.3, -0.25) is 4.79 Å². The molecule has 1 saturated heterocycles. The molecule has 3 rings (SSSR count). The molecule has 0 radical (unpaired) electrons. The lowest BCUT2D eigenvalue weighted by Crippen LogP contribution is -2.45. The third kappa shape index (κ3) is 4.32. The van der Waals surface area contributed by atoms with Crippen molar-refractivity contribution in [2.75, 3.05) is 18.0 Å². The molecule has 5 nitrogen and oxygen atoms in total. The zero-order valence-electron chi connectivity index (χ0n) is 14.6. The number of nitrogens with one attached hydrogen (secondary N) is 1. The van der Waals surface area contributed by atoms with Crippen LogP contribution in [0.25, 0.3) is 11.4 Å². The van der Waals surface area contributed by atoms with Crippen molar-refractivity contribution < 1.29 is 9.18 Å². The molecule has 1 aromatic carbocycles. The topological polar surface area (TPSA) is 58.1 Å². The summed E-state index contributed by atoms with van der Waals surface area (Å²) in [6, 6.07) is 8.24. The first-order valence-electron chi connectivity index (χ1n) is 8.67. The third-order valence-electron chi connectivity index (χ3n) is 4.27. The first-order chi connectivity index (χ1) is 12.0. The van der Waals surface area contributed by atoms with Gasteiger partial charge in [0.25, 0.3) is 0 Å². The molecule has 2 heterocycles. The first kappa shape index (κ1) is 17.3. The molecule has 1 aromatic heterocycles. The molecule has 0 aliphatic carbocycles.